The molecular formula is C22H31N5O2. The number of likely N-dealkylation sites (tertiary alicyclic amines) is 1. The zero-order chi connectivity index (χ0) is 21.0. The first-order valence-corrected chi connectivity index (χ1v) is 10.2. The highest BCUT2D eigenvalue weighted by molar-refractivity contribution is 5.95. The van der Waals surface area contributed by atoms with Gasteiger partial charge in [0, 0.05) is 50.9 Å². The molecule has 0 atom stereocenters. The molecule has 7 nitrogen and oxygen atoms in total. The SMILES string of the molecule is CC(C)CC(=O)Nc1ccnn1C1CCN(C(=O)c2cccc(N(C)C)c2)CC1. The third-order valence-corrected chi connectivity index (χ3v) is 5.24. The summed E-state index contributed by atoms with van der Waals surface area (Å²) in [5, 5.41) is 7.40. The fourth-order valence-corrected chi connectivity index (χ4v) is 3.68. The smallest absolute Gasteiger partial charge is 0.253 e. The molecule has 0 spiro atoms. The maximum Gasteiger partial charge on any atom is 0.253 e. The van der Waals surface area contributed by atoms with Crippen molar-refractivity contribution in [2.75, 3.05) is 37.4 Å². The first-order chi connectivity index (χ1) is 13.8. The number of hydrogen-bond donors (Lipinski definition) is 1. The van der Waals surface area contributed by atoms with Gasteiger partial charge in [0.2, 0.25) is 5.91 Å². The Hall–Kier alpha value is -2.83. The van der Waals surface area contributed by atoms with Crippen LogP contribution in [0, 0.1) is 5.92 Å². The molecule has 1 N–H and O–H groups in total. The predicted molar refractivity (Wildman–Crippen MR) is 115 cm³/mol. The second-order valence-electron chi connectivity index (χ2n) is 8.28. The molecule has 0 saturated carbocycles. The standard InChI is InChI=1S/C22H31N5O2/c1-16(2)14-21(28)24-20-8-11-23-27(20)18-9-12-26(13-10-18)22(29)17-6-5-7-19(15-17)25(3)4/h5-8,11,15-16,18H,9-10,12-14H2,1-4H3,(H,24,28). The van der Waals surface area contributed by atoms with Crippen molar-refractivity contribution in [2.45, 2.75) is 39.2 Å². The molecular weight excluding hydrogens is 366 g/mol. The summed E-state index contributed by atoms with van der Waals surface area (Å²) in [7, 11) is 3.94. The molecule has 1 saturated heterocycles. The minimum absolute atomic E-state index is 0.00939. The number of carbonyl (C=O) groups is 2. The summed E-state index contributed by atoms with van der Waals surface area (Å²) in [6.45, 7) is 5.40. The van der Waals surface area contributed by atoms with Gasteiger partial charge in [0.25, 0.3) is 5.91 Å². The van der Waals surface area contributed by atoms with Gasteiger partial charge in [-0.3, -0.25) is 9.59 Å². The van der Waals surface area contributed by atoms with Crippen molar-refractivity contribution in [3.05, 3.63) is 42.1 Å². The van der Waals surface area contributed by atoms with Crippen molar-refractivity contribution in [2.24, 2.45) is 5.92 Å². The molecule has 7 heteroatoms. The van der Waals surface area contributed by atoms with Crippen LogP contribution in [0.15, 0.2) is 36.5 Å². The second kappa shape index (κ2) is 9.11. The number of benzene rings is 1. The number of nitrogens with one attached hydrogen (secondary N) is 1. The lowest BCUT2D eigenvalue weighted by Gasteiger charge is -2.33. The van der Waals surface area contributed by atoms with Crippen LogP contribution in [0.3, 0.4) is 0 Å². The number of rotatable bonds is 6. The third-order valence-electron chi connectivity index (χ3n) is 5.24. The molecule has 1 fully saturated rings. The number of amides is 2. The van der Waals surface area contributed by atoms with E-state index < -0.39 is 0 Å². The lowest BCUT2D eigenvalue weighted by molar-refractivity contribution is -0.116. The van der Waals surface area contributed by atoms with Gasteiger partial charge in [0.05, 0.1) is 12.2 Å². The molecule has 1 aliphatic heterocycles. The average molecular weight is 398 g/mol. The Kier molecular flexibility index (Phi) is 6.56. The largest absolute Gasteiger partial charge is 0.378 e. The van der Waals surface area contributed by atoms with Crippen molar-refractivity contribution in [3.8, 4) is 0 Å². The predicted octanol–water partition coefficient (Wildman–Crippen LogP) is 3.41. The topological polar surface area (TPSA) is 70.5 Å². The van der Waals surface area contributed by atoms with Crippen LogP contribution in [0.1, 0.15) is 49.5 Å². The number of aromatic nitrogens is 2. The van der Waals surface area contributed by atoms with E-state index in [1.807, 2.05) is 72.8 Å². The van der Waals surface area contributed by atoms with Crippen molar-refractivity contribution in [1.29, 1.82) is 0 Å². The molecule has 3 rings (SSSR count). The molecule has 1 aromatic heterocycles. The third kappa shape index (κ3) is 5.16. The number of carbonyl (C=O) groups excluding carboxylic acids is 2. The minimum Gasteiger partial charge on any atom is -0.378 e. The molecule has 1 aromatic carbocycles. The Balaban J connectivity index is 1.61. The van der Waals surface area contributed by atoms with Crippen molar-refractivity contribution >= 4 is 23.3 Å². The lowest BCUT2D eigenvalue weighted by atomic mass is 10.0. The molecule has 156 valence electrons. The van der Waals surface area contributed by atoms with Crippen LogP contribution in [-0.2, 0) is 4.79 Å². The zero-order valence-corrected chi connectivity index (χ0v) is 17.8. The number of hydrogen-bond acceptors (Lipinski definition) is 4. The average Bonchev–Trinajstić information content (AvgIpc) is 3.15. The van der Waals surface area contributed by atoms with Crippen LogP contribution in [0.4, 0.5) is 11.5 Å². The summed E-state index contributed by atoms with van der Waals surface area (Å²) in [6, 6.07) is 9.74. The first kappa shape index (κ1) is 20.9. The summed E-state index contributed by atoms with van der Waals surface area (Å²) in [4.78, 5) is 28.9. The van der Waals surface area contributed by atoms with Crippen molar-refractivity contribution in [3.63, 3.8) is 0 Å². The van der Waals surface area contributed by atoms with Crippen LogP contribution < -0.4 is 10.2 Å². The minimum atomic E-state index is 0.00939. The van der Waals surface area contributed by atoms with E-state index in [9.17, 15) is 9.59 Å². The van der Waals surface area contributed by atoms with Crippen molar-refractivity contribution < 1.29 is 9.59 Å². The Bertz CT molecular complexity index is 850. The van der Waals surface area contributed by atoms with E-state index in [2.05, 4.69) is 10.4 Å². The van der Waals surface area contributed by atoms with Gasteiger partial charge in [-0.25, -0.2) is 4.68 Å². The van der Waals surface area contributed by atoms with Crippen LogP contribution in [0.25, 0.3) is 0 Å². The molecule has 0 unspecified atom stereocenters. The zero-order valence-electron chi connectivity index (χ0n) is 17.8. The molecule has 2 aromatic rings. The molecule has 2 amide bonds. The van der Waals surface area contributed by atoms with Crippen LogP contribution in [0.5, 0.6) is 0 Å². The van der Waals surface area contributed by atoms with E-state index in [1.54, 1.807) is 6.20 Å². The van der Waals surface area contributed by atoms with Gasteiger partial charge in [-0.15, -0.1) is 0 Å². The van der Waals surface area contributed by atoms with E-state index >= 15 is 0 Å². The van der Waals surface area contributed by atoms with Crippen LogP contribution in [-0.4, -0.2) is 53.7 Å². The molecule has 0 radical (unpaired) electrons. The molecule has 2 heterocycles. The maximum atomic E-state index is 12.9. The van der Waals surface area contributed by atoms with Gasteiger partial charge in [0.15, 0.2) is 0 Å². The van der Waals surface area contributed by atoms with E-state index in [4.69, 9.17) is 0 Å². The Morgan fingerprint density at radius 3 is 2.59 bits per heavy atom. The normalized spacial score (nSPS) is 14.9. The van der Waals surface area contributed by atoms with Gasteiger partial charge < -0.3 is 15.1 Å². The van der Waals surface area contributed by atoms with Gasteiger partial charge in [0.1, 0.15) is 5.82 Å². The fourth-order valence-electron chi connectivity index (χ4n) is 3.68. The Morgan fingerprint density at radius 2 is 1.93 bits per heavy atom. The monoisotopic (exact) mass is 397 g/mol. The number of anilines is 2. The molecule has 29 heavy (non-hydrogen) atoms. The molecule has 1 aliphatic rings. The van der Waals surface area contributed by atoms with E-state index in [1.165, 1.54) is 0 Å². The lowest BCUT2D eigenvalue weighted by Crippen LogP contribution is -2.39. The van der Waals surface area contributed by atoms with Crippen LogP contribution in [0.2, 0.25) is 0 Å². The molecule has 0 aliphatic carbocycles. The van der Waals surface area contributed by atoms with Gasteiger partial charge in [-0.1, -0.05) is 19.9 Å². The first-order valence-electron chi connectivity index (χ1n) is 10.2. The summed E-state index contributed by atoms with van der Waals surface area (Å²) in [5.74, 6) is 1.12. The number of nitrogens with zero attached hydrogens (tertiary/aromatic N) is 4. The van der Waals surface area contributed by atoms with Crippen molar-refractivity contribution in [1.82, 2.24) is 14.7 Å². The Morgan fingerprint density at radius 1 is 1.21 bits per heavy atom. The fraction of sp³-hybridized carbons (Fsp3) is 0.500. The van der Waals surface area contributed by atoms with Gasteiger partial charge in [-0.05, 0) is 37.0 Å². The van der Waals surface area contributed by atoms with E-state index in [-0.39, 0.29) is 17.9 Å². The highest BCUT2D eigenvalue weighted by Gasteiger charge is 2.26. The maximum absolute atomic E-state index is 12.9. The number of piperidine rings is 1. The van der Waals surface area contributed by atoms with Gasteiger partial charge >= 0.3 is 0 Å². The quantitative estimate of drug-likeness (QED) is 0.811. The van der Waals surface area contributed by atoms with Gasteiger partial charge in [-0.2, -0.15) is 5.10 Å². The van der Waals surface area contributed by atoms with E-state index in [0.29, 0.717) is 25.4 Å². The van der Waals surface area contributed by atoms with Crippen LogP contribution >= 0.6 is 0 Å². The van der Waals surface area contributed by atoms with E-state index in [0.717, 1.165) is 29.9 Å². The summed E-state index contributed by atoms with van der Waals surface area (Å²) < 4.78 is 1.90. The highest BCUT2D eigenvalue weighted by Crippen LogP contribution is 2.27. The summed E-state index contributed by atoms with van der Waals surface area (Å²) >= 11 is 0. The second-order valence-corrected chi connectivity index (χ2v) is 8.28. The molecule has 0 bridgehead atoms. The Labute approximate surface area is 172 Å². The summed E-state index contributed by atoms with van der Waals surface area (Å²) in [5.41, 5.74) is 1.74. The summed E-state index contributed by atoms with van der Waals surface area (Å²) in [6.07, 6.45) is 3.83. The highest BCUT2D eigenvalue weighted by atomic mass is 16.2.